The number of carboxylic acids is 1. The van der Waals surface area contributed by atoms with E-state index in [1.54, 1.807) is 4.90 Å². The number of aliphatic carboxylic acids is 1. The third kappa shape index (κ3) is 4.52. The van der Waals surface area contributed by atoms with E-state index in [9.17, 15) is 19.5 Å². The van der Waals surface area contributed by atoms with Crippen LogP contribution < -0.4 is 5.32 Å². The maximum Gasteiger partial charge on any atom is 0.407 e. The summed E-state index contributed by atoms with van der Waals surface area (Å²) in [6.07, 6.45) is 2.85. The Kier molecular flexibility index (Phi) is 6.26. The van der Waals surface area contributed by atoms with Crippen molar-refractivity contribution in [3.8, 4) is 11.1 Å². The molecule has 1 saturated heterocycles. The van der Waals surface area contributed by atoms with Gasteiger partial charge in [-0.2, -0.15) is 0 Å². The summed E-state index contributed by atoms with van der Waals surface area (Å²) < 4.78 is 5.61. The first-order chi connectivity index (χ1) is 16.5. The van der Waals surface area contributed by atoms with Crippen molar-refractivity contribution >= 4 is 18.0 Å². The fourth-order valence-corrected chi connectivity index (χ4v) is 5.61. The van der Waals surface area contributed by atoms with E-state index in [-0.39, 0.29) is 30.4 Å². The maximum atomic E-state index is 12.6. The van der Waals surface area contributed by atoms with Gasteiger partial charge in [-0.25, -0.2) is 4.79 Å². The first-order valence-electron chi connectivity index (χ1n) is 12.1. The van der Waals surface area contributed by atoms with Crippen molar-refractivity contribution in [2.45, 2.75) is 44.1 Å². The molecule has 2 aliphatic carbocycles. The summed E-state index contributed by atoms with van der Waals surface area (Å²) in [7, 11) is 0. The van der Waals surface area contributed by atoms with Gasteiger partial charge in [-0.05, 0) is 53.9 Å². The lowest BCUT2D eigenvalue weighted by molar-refractivity contribution is -0.146. The smallest absolute Gasteiger partial charge is 0.407 e. The Morgan fingerprint density at radius 2 is 1.65 bits per heavy atom. The van der Waals surface area contributed by atoms with Crippen molar-refractivity contribution in [1.82, 2.24) is 10.2 Å². The van der Waals surface area contributed by atoms with Gasteiger partial charge >= 0.3 is 12.1 Å². The molecule has 2 aromatic carbocycles. The molecule has 2 amide bonds. The molecule has 3 aliphatic rings. The molecule has 0 aromatic heterocycles. The van der Waals surface area contributed by atoms with E-state index in [1.165, 1.54) is 22.3 Å². The predicted octanol–water partition coefficient (Wildman–Crippen LogP) is 4.02. The molecule has 1 aliphatic heterocycles. The van der Waals surface area contributed by atoms with Crippen LogP contribution in [0.3, 0.4) is 0 Å². The number of carboxylic acid groups (broad SMARTS) is 1. The van der Waals surface area contributed by atoms with Crippen LogP contribution >= 0.6 is 0 Å². The van der Waals surface area contributed by atoms with Crippen molar-refractivity contribution in [2.75, 3.05) is 19.7 Å². The van der Waals surface area contributed by atoms with Crippen molar-refractivity contribution in [2.24, 2.45) is 11.8 Å². The highest BCUT2D eigenvalue weighted by molar-refractivity contribution is 5.79. The molecule has 2 fully saturated rings. The van der Waals surface area contributed by atoms with E-state index >= 15 is 0 Å². The van der Waals surface area contributed by atoms with Gasteiger partial charge in [-0.1, -0.05) is 48.5 Å². The number of nitrogens with one attached hydrogen (secondary N) is 1. The van der Waals surface area contributed by atoms with Crippen LogP contribution in [0.25, 0.3) is 11.1 Å². The van der Waals surface area contributed by atoms with E-state index in [0.717, 1.165) is 19.3 Å². The molecule has 1 unspecified atom stereocenters. The van der Waals surface area contributed by atoms with Crippen LogP contribution in [-0.4, -0.2) is 53.7 Å². The standard InChI is InChI=1S/C27H30N2O5/c30-25(29-11-5-6-18(15-29)26(31)32)14-17-12-19(13-17)28-27(33)34-16-24-22-9-3-1-7-20(22)21-8-2-4-10-23(21)24/h1-4,7-10,17-19,24H,5-6,11-16H2,(H,28,33)(H,31,32). The summed E-state index contributed by atoms with van der Waals surface area (Å²) in [5.74, 6) is -1.01. The zero-order valence-corrected chi connectivity index (χ0v) is 19.1. The number of carbonyl (C=O) groups is 3. The molecule has 1 saturated carbocycles. The Hall–Kier alpha value is -3.35. The zero-order valence-electron chi connectivity index (χ0n) is 19.1. The number of nitrogens with zero attached hydrogens (tertiary/aromatic N) is 1. The monoisotopic (exact) mass is 462 g/mol. The summed E-state index contributed by atoms with van der Waals surface area (Å²) >= 11 is 0. The van der Waals surface area contributed by atoms with Crippen molar-refractivity contribution in [3.05, 3.63) is 59.7 Å². The molecule has 7 heteroatoms. The second kappa shape index (κ2) is 9.49. The molecule has 7 nitrogen and oxygen atoms in total. The number of ether oxygens (including phenoxy) is 1. The quantitative estimate of drug-likeness (QED) is 0.676. The molecule has 0 radical (unpaired) electrons. The average molecular weight is 463 g/mol. The van der Waals surface area contributed by atoms with Gasteiger partial charge in [-0.15, -0.1) is 0 Å². The number of rotatable bonds is 6. The lowest BCUT2D eigenvalue weighted by atomic mass is 9.78. The van der Waals surface area contributed by atoms with Gasteiger partial charge < -0.3 is 20.1 Å². The summed E-state index contributed by atoms with van der Waals surface area (Å²) in [5.41, 5.74) is 4.76. The highest BCUT2D eigenvalue weighted by Crippen LogP contribution is 2.44. The van der Waals surface area contributed by atoms with E-state index in [0.29, 0.717) is 25.9 Å². The van der Waals surface area contributed by atoms with Gasteiger partial charge in [0.25, 0.3) is 0 Å². The van der Waals surface area contributed by atoms with Gasteiger partial charge in [-0.3, -0.25) is 9.59 Å². The summed E-state index contributed by atoms with van der Waals surface area (Å²) in [6, 6.07) is 16.5. The van der Waals surface area contributed by atoms with Crippen LogP contribution in [0.15, 0.2) is 48.5 Å². The lowest BCUT2D eigenvalue weighted by Crippen LogP contribution is -2.47. The Balaban J connectivity index is 1.07. The Bertz CT molecular complexity index is 1050. The molecule has 0 spiro atoms. The van der Waals surface area contributed by atoms with Crippen LogP contribution in [0.4, 0.5) is 4.79 Å². The number of piperidine rings is 1. The predicted molar refractivity (Wildman–Crippen MR) is 126 cm³/mol. The molecule has 34 heavy (non-hydrogen) atoms. The van der Waals surface area contributed by atoms with E-state index in [2.05, 4.69) is 29.6 Å². The fourth-order valence-electron chi connectivity index (χ4n) is 5.61. The molecule has 5 rings (SSSR count). The van der Waals surface area contributed by atoms with Gasteiger partial charge in [0.2, 0.25) is 5.91 Å². The largest absolute Gasteiger partial charge is 0.481 e. The third-order valence-corrected chi connectivity index (χ3v) is 7.49. The molecule has 2 aromatic rings. The molecule has 178 valence electrons. The highest BCUT2D eigenvalue weighted by Gasteiger charge is 2.35. The van der Waals surface area contributed by atoms with Crippen molar-refractivity contribution in [3.63, 3.8) is 0 Å². The van der Waals surface area contributed by atoms with Crippen molar-refractivity contribution in [1.29, 1.82) is 0 Å². The summed E-state index contributed by atoms with van der Waals surface area (Å²) in [6.45, 7) is 1.23. The van der Waals surface area contributed by atoms with Crippen LogP contribution in [0.1, 0.15) is 49.1 Å². The number of hydrogen-bond donors (Lipinski definition) is 2. The number of alkyl carbamates (subject to hydrolysis) is 1. The first-order valence-corrected chi connectivity index (χ1v) is 12.1. The number of benzene rings is 2. The normalized spacial score (nSPS) is 23.4. The van der Waals surface area contributed by atoms with Crippen LogP contribution in [-0.2, 0) is 14.3 Å². The van der Waals surface area contributed by atoms with E-state index in [1.807, 2.05) is 24.3 Å². The van der Waals surface area contributed by atoms with Gasteiger partial charge in [0, 0.05) is 31.5 Å². The number of carbonyl (C=O) groups excluding carboxylic acids is 2. The Morgan fingerprint density at radius 3 is 2.29 bits per heavy atom. The van der Waals surface area contributed by atoms with Crippen molar-refractivity contribution < 1.29 is 24.2 Å². The highest BCUT2D eigenvalue weighted by atomic mass is 16.5. The minimum Gasteiger partial charge on any atom is -0.481 e. The average Bonchev–Trinajstić information content (AvgIpc) is 3.15. The summed E-state index contributed by atoms with van der Waals surface area (Å²) in [4.78, 5) is 37.9. The second-order valence-corrected chi connectivity index (χ2v) is 9.73. The molecular formula is C27H30N2O5. The number of hydrogen-bond acceptors (Lipinski definition) is 4. The fraction of sp³-hybridized carbons (Fsp3) is 0.444. The van der Waals surface area contributed by atoms with E-state index < -0.39 is 18.0 Å². The SMILES string of the molecule is O=C(NC1CC(CC(=O)N2CCCC(C(=O)O)C2)C1)OCC1c2ccccc2-c2ccccc21. The molecule has 1 atom stereocenters. The second-order valence-electron chi connectivity index (χ2n) is 9.73. The third-order valence-electron chi connectivity index (χ3n) is 7.49. The molecule has 0 bridgehead atoms. The maximum absolute atomic E-state index is 12.6. The first kappa shape index (κ1) is 22.4. The molecular weight excluding hydrogens is 432 g/mol. The van der Waals surface area contributed by atoms with Gasteiger partial charge in [0.05, 0.1) is 5.92 Å². The minimum absolute atomic E-state index is 0.0153. The minimum atomic E-state index is -0.825. The molecule has 2 N–H and O–H groups in total. The summed E-state index contributed by atoms with van der Waals surface area (Å²) in [5, 5.41) is 12.1. The Morgan fingerprint density at radius 1 is 1.00 bits per heavy atom. The van der Waals surface area contributed by atoms with Gasteiger partial charge in [0.15, 0.2) is 0 Å². The van der Waals surface area contributed by atoms with Gasteiger partial charge in [0.1, 0.15) is 6.61 Å². The number of amides is 2. The Labute approximate surface area is 199 Å². The van der Waals surface area contributed by atoms with Crippen LogP contribution in [0, 0.1) is 11.8 Å². The lowest BCUT2D eigenvalue weighted by Gasteiger charge is -2.37. The zero-order chi connectivity index (χ0) is 23.7. The van der Waals surface area contributed by atoms with E-state index in [4.69, 9.17) is 4.74 Å². The number of fused-ring (bicyclic) bond motifs is 3. The molecule has 1 heterocycles. The van der Waals surface area contributed by atoms with Crippen LogP contribution in [0.5, 0.6) is 0 Å². The van der Waals surface area contributed by atoms with Crippen LogP contribution in [0.2, 0.25) is 0 Å². The topological polar surface area (TPSA) is 95.9 Å². The number of likely N-dealkylation sites (tertiary alicyclic amines) is 1.